The Morgan fingerprint density at radius 1 is 1.27 bits per heavy atom. The highest BCUT2D eigenvalue weighted by Gasteiger charge is 2.39. The van der Waals surface area contributed by atoms with E-state index in [1.54, 1.807) is 12.1 Å². The lowest BCUT2D eigenvalue weighted by molar-refractivity contribution is -0.131. The lowest BCUT2D eigenvalue weighted by Gasteiger charge is -2.34. The number of carbonyl (C=O) groups is 2. The monoisotopic (exact) mass is 373 g/mol. The van der Waals surface area contributed by atoms with Gasteiger partial charge >= 0.3 is 5.97 Å². The molecule has 1 aliphatic heterocycles. The van der Waals surface area contributed by atoms with Crippen LogP contribution in [0.4, 0.5) is 4.39 Å². The van der Waals surface area contributed by atoms with Crippen molar-refractivity contribution in [2.75, 3.05) is 6.54 Å². The second-order valence-electron chi connectivity index (χ2n) is 6.96. The number of halogens is 1. The Morgan fingerprint density at radius 3 is 2.65 bits per heavy atom. The van der Waals surface area contributed by atoms with Gasteiger partial charge in [0, 0.05) is 30.8 Å². The van der Waals surface area contributed by atoms with Gasteiger partial charge in [-0.1, -0.05) is 12.1 Å². The van der Waals surface area contributed by atoms with Gasteiger partial charge in [0.25, 0.3) is 0 Å². The molecule has 2 heterocycles. The number of ether oxygens (including phenoxy) is 1. The molecule has 4 nitrogen and oxygen atoms in total. The van der Waals surface area contributed by atoms with Crippen LogP contribution in [-0.2, 0) is 22.6 Å². The fourth-order valence-electron chi connectivity index (χ4n) is 3.53. The molecule has 26 heavy (non-hydrogen) atoms. The number of Topliss-reactive ketones (excluding diaryl/α,β-unsaturated/α-hetero) is 1. The fourth-order valence-corrected chi connectivity index (χ4v) is 4.58. The van der Waals surface area contributed by atoms with Crippen LogP contribution in [0.25, 0.3) is 0 Å². The molecule has 0 saturated heterocycles. The molecule has 1 aromatic heterocycles. The van der Waals surface area contributed by atoms with Crippen LogP contribution >= 0.6 is 11.3 Å². The molecule has 1 atom stereocenters. The van der Waals surface area contributed by atoms with Gasteiger partial charge in [0.2, 0.25) is 0 Å². The Kier molecular flexibility index (Phi) is 4.63. The van der Waals surface area contributed by atoms with E-state index in [0.717, 1.165) is 36.9 Å². The molecule has 0 amide bonds. The largest absolute Gasteiger partial charge is 0.416 e. The van der Waals surface area contributed by atoms with Crippen molar-refractivity contribution < 1.29 is 18.7 Å². The Morgan fingerprint density at radius 2 is 2.00 bits per heavy atom. The first-order valence-electron chi connectivity index (χ1n) is 8.84. The van der Waals surface area contributed by atoms with Gasteiger partial charge in [-0.15, -0.1) is 11.3 Å². The summed E-state index contributed by atoms with van der Waals surface area (Å²) in [4.78, 5) is 27.5. The highest BCUT2D eigenvalue weighted by molar-refractivity contribution is 7.14. The zero-order chi connectivity index (χ0) is 18.3. The number of benzene rings is 1. The summed E-state index contributed by atoms with van der Waals surface area (Å²) in [7, 11) is 0. The minimum atomic E-state index is -0.340. The predicted molar refractivity (Wildman–Crippen MR) is 96.6 cm³/mol. The Labute approximate surface area is 155 Å². The van der Waals surface area contributed by atoms with E-state index < -0.39 is 0 Å². The SMILES string of the molecule is CC(=O)Oc1cc2c(s1)CCN(C(C(=O)C1CC1)c1ccc(F)cc1)C2. The minimum absolute atomic E-state index is 0.130. The van der Waals surface area contributed by atoms with E-state index in [-0.39, 0.29) is 29.5 Å². The summed E-state index contributed by atoms with van der Waals surface area (Å²) in [6.45, 7) is 2.78. The molecule has 136 valence electrons. The van der Waals surface area contributed by atoms with E-state index in [4.69, 9.17) is 4.74 Å². The zero-order valence-corrected chi connectivity index (χ0v) is 15.4. The minimum Gasteiger partial charge on any atom is -0.416 e. The molecular formula is C20H20FNO3S. The number of carbonyl (C=O) groups excluding carboxylic acids is 2. The number of nitrogens with zero attached hydrogens (tertiary/aromatic N) is 1. The van der Waals surface area contributed by atoms with Crippen LogP contribution in [0.1, 0.15) is 41.8 Å². The molecule has 1 aliphatic carbocycles. The van der Waals surface area contributed by atoms with E-state index in [1.807, 2.05) is 6.07 Å². The standard InChI is InChI=1S/C20H20FNO3S/c1-12(23)25-18-10-15-11-22(9-8-17(15)26-18)19(20(24)14-2-3-14)13-4-6-16(21)7-5-13/h4-7,10,14,19H,2-3,8-9,11H2,1H3. The maximum atomic E-state index is 13.3. The van der Waals surface area contributed by atoms with Crippen LogP contribution < -0.4 is 4.74 Å². The molecule has 1 saturated carbocycles. The van der Waals surface area contributed by atoms with E-state index >= 15 is 0 Å². The third-order valence-electron chi connectivity index (χ3n) is 4.92. The van der Waals surface area contributed by atoms with Crippen LogP contribution in [0.5, 0.6) is 5.06 Å². The second kappa shape index (κ2) is 6.93. The maximum absolute atomic E-state index is 13.3. The maximum Gasteiger partial charge on any atom is 0.308 e. The van der Waals surface area contributed by atoms with Crippen LogP contribution in [0.2, 0.25) is 0 Å². The lowest BCUT2D eigenvalue weighted by atomic mass is 9.95. The Bertz CT molecular complexity index is 841. The summed E-state index contributed by atoms with van der Waals surface area (Å²) < 4.78 is 18.5. The number of rotatable bonds is 5. The van der Waals surface area contributed by atoms with Crippen molar-refractivity contribution >= 4 is 23.1 Å². The second-order valence-corrected chi connectivity index (χ2v) is 8.06. The number of fused-ring (bicyclic) bond motifs is 1. The van der Waals surface area contributed by atoms with E-state index in [0.29, 0.717) is 11.6 Å². The Hall–Kier alpha value is -2.05. The molecule has 6 heteroatoms. The highest BCUT2D eigenvalue weighted by atomic mass is 32.1. The number of hydrogen-bond acceptors (Lipinski definition) is 5. The number of thiophene rings is 1. The van der Waals surface area contributed by atoms with Crippen molar-refractivity contribution in [1.82, 2.24) is 4.90 Å². The third-order valence-corrected chi connectivity index (χ3v) is 6.03. The summed E-state index contributed by atoms with van der Waals surface area (Å²) in [6.07, 6.45) is 2.71. The van der Waals surface area contributed by atoms with E-state index in [1.165, 1.54) is 35.3 Å². The first-order chi connectivity index (χ1) is 12.5. The van der Waals surface area contributed by atoms with Crippen molar-refractivity contribution in [1.29, 1.82) is 0 Å². The highest BCUT2D eigenvalue weighted by Crippen LogP contribution is 2.40. The number of hydrogen-bond donors (Lipinski definition) is 0. The smallest absolute Gasteiger partial charge is 0.308 e. The van der Waals surface area contributed by atoms with Gasteiger partial charge in [0.05, 0.1) is 6.04 Å². The van der Waals surface area contributed by atoms with E-state index in [2.05, 4.69) is 4.90 Å². The molecule has 2 aromatic rings. The van der Waals surface area contributed by atoms with Gasteiger partial charge in [-0.25, -0.2) is 4.39 Å². The molecule has 1 unspecified atom stereocenters. The summed E-state index contributed by atoms with van der Waals surface area (Å²) in [5, 5.41) is 0.608. The van der Waals surface area contributed by atoms with Crippen LogP contribution in [0, 0.1) is 11.7 Å². The summed E-state index contributed by atoms with van der Waals surface area (Å²) >= 11 is 1.50. The normalized spacial score (nSPS) is 18.2. The van der Waals surface area contributed by atoms with Crippen molar-refractivity contribution in [3.8, 4) is 5.06 Å². The molecular weight excluding hydrogens is 353 g/mol. The van der Waals surface area contributed by atoms with Gasteiger partial charge in [-0.3, -0.25) is 14.5 Å². The average Bonchev–Trinajstić information content (AvgIpc) is 3.37. The van der Waals surface area contributed by atoms with Crippen molar-refractivity contribution in [2.24, 2.45) is 5.92 Å². The molecule has 0 bridgehead atoms. The lowest BCUT2D eigenvalue weighted by Crippen LogP contribution is -2.38. The Balaban J connectivity index is 1.60. The topological polar surface area (TPSA) is 46.6 Å². The molecule has 4 rings (SSSR count). The van der Waals surface area contributed by atoms with Gasteiger partial charge in [-0.05, 0) is 48.6 Å². The van der Waals surface area contributed by atoms with Gasteiger partial charge < -0.3 is 4.74 Å². The average molecular weight is 373 g/mol. The van der Waals surface area contributed by atoms with Crippen LogP contribution in [0.15, 0.2) is 30.3 Å². The molecule has 1 fully saturated rings. The van der Waals surface area contributed by atoms with Gasteiger partial charge in [0.15, 0.2) is 10.8 Å². The fraction of sp³-hybridized carbons (Fsp3) is 0.400. The summed E-state index contributed by atoms with van der Waals surface area (Å²) in [6, 6.07) is 7.83. The summed E-state index contributed by atoms with van der Waals surface area (Å²) in [5.41, 5.74) is 1.95. The third kappa shape index (κ3) is 3.57. The van der Waals surface area contributed by atoms with Crippen molar-refractivity contribution in [2.45, 2.75) is 38.8 Å². The number of ketones is 1. The first kappa shape index (κ1) is 17.4. The van der Waals surface area contributed by atoms with Crippen LogP contribution in [0.3, 0.4) is 0 Å². The first-order valence-corrected chi connectivity index (χ1v) is 9.66. The zero-order valence-electron chi connectivity index (χ0n) is 14.5. The molecule has 0 N–H and O–H groups in total. The predicted octanol–water partition coefficient (Wildman–Crippen LogP) is 3.89. The molecule has 1 aromatic carbocycles. The van der Waals surface area contributed by atoms with Gasteiger partial charge in [0.1, 0.15) is 5.82 Å². The van der Waals surface area contributed by atoms with E-state index in [9.17, 15) is 14.0 Å². The summed E-state index contributed by atoms with van der Waals surface area (Å²) in [5.74, 6) is -0.259. The number of esters is 1. The quantitative estimate of drug-likeness (QED) is 0.746. The van der Waals surface area contributed by atoms with Crippen molar-refractivity contribution in [3.05, 3.63) is 52.2 Å². The van der Waals surface area contributed by atoms with Gasteiger partial charge in [-0.2, -0.15) is 0 Å². The van der Waals surface area contributed by atoms with Crippen LogP contribution in [-0.4, -0.2) is 23.2 Å². The molecule has 2 aliphatic rings. The molecule has 0 radical (unpaired) electrons. The molecule has 0 spiro atoms. The van der Waals surface area contributed by atoms with Crippen molar-refractivity contribution in [3.63, 3.8) is 0 Å².